The molecule has 0 amide bonds. The summed E-state index contributed by atoms with van der Waals surface area (Å²) in [5.41, 5.74) is 2.37. The van der Waals surface area contributed by atoms with Gasteiger partial charge in [0.05, 0.1) is 66.0 Å². The van der Waals surface area contributed by atoms with Gasteiger partial charge in [0.1, 0.15) is 48.5 Å². The summed E-state index contributed by atoms with van der Waals surface area (Å²) < 4.78 is 83.7. The van der Waals surface area contributed by atoms with Gasteiger partial charge in [0, 0.05) is 60.3 Å². The molecule has 5 aromatic rings. The first-order chi connectivity index (χ1) is 39.8. The van der Waals surface area contributed by atoms with Crippen molar-refractivity contribution in [1.82, 2.24) is 29.1 Å². The number of rotatable bonds is 29. The minimum atomic E-state index is -1.83. The van der Waals surface area contributed by atoms with E-state index in [1.807, 2.05) is 97.5 Å². The lowest BCUT2D eigenvalue weighted by Crippen LogP contribution is -2.63. The Balaban J connectivity index is 1.15. The quantitative estimate of drug-likeness (QED) is 0.00871. The van der Waals surface area contributed by atoms with E-state index >= 15 is 0 Å². The maximum absolute atomic E-state index is 12.4. The van der Waals surface area contributed by atoms with Crippen LogP contribution in [0.3, 0.4) is 0 Å². The monoisotopic (exact) mass is 1170 g/mol. The number of aromatic nitrogens is 4. The number of aliphatic imine (C=N–C) groups is 1. The number of methoxy groups -OCH3 is 2. The van der Waals surface area contributed by atoms with Crippen molar-refractivity contribution >= 4 is 55.7 Å². The molecule has 2 aliphatic heterocycles. The van der Waals surface area contributed by atoms with Crippen LogP contribution in [0, 0.1) is 0 Å². The van der Waals surface area contributed by atoms with E-state index in [9.17, 15) is 19.2 Å². The standard InChI is InChI=1S/C58H76N7O17P/c1-36(2)65(37(3)4)83(76-29-27-72-26-28-73-57-54(79-41(8)69)53(78-40(7)68)52(77-39(6)67)49(81-57)31-74-38(5)66)82-47-30-50(64-35-61-51-55(62-34-63(9)10)59-33-60-56(51)64)80-48(47)32-75-58(42-16-14-13-15-17-42,43-18-22-45(70-11)23-19-43)44-20-24-46(71-12)25-21-44/h13-25,33-37,47-50,52-54,57H,26-32H2,1-12H3/b62-34+/t47-,48+,49+,50+,52+,53-,54+,57+,83?/m0/s1. The maximum Gasteiger partial charge on any atom is 0.303 e. The summed E-state index contributed by atoms with van der Waals surface area (Å²) in [5, 5.41) is 0. The van der Waals surface area contributed by atoms with Crippen molar-refractivity contribution < 1.29 is 80.3 Å². The lowest BCUT2D eigenvalue weighted by Gasteiger charge is -2.44. The summed E-state index contributed by atoms with van der Waals surface area (Å²) in [6.45, 7) is 12.6. The molecule has 9 atom stereocenters. The van der Waals surface area contributed by atoms with E-state index in [4.69, 9.17) is 66.1 Å². The SMILES string of the molecule is COc1ccc(C(OC[C@H]2O[C@@H](n3cnc4c(/N=C/N(C)C)ncnc43)C[C@@H]2OP(OCCOCCO[C@@H]2O[C@H](COC(C)=O)[C@@H](OC(C)=O)[C@H](OC(C)=O)[C@H]2OC(C)=O)N(C(C)C)C(C)C)(c2ccccc2)c2ccc(OC)cc2)cc1. The third-order valence-electron chi connectivity index (χ3n) is 13.2. The molecule has 24 nitrogen and oxygen atoms in total. The normalized spacial score (nSPS) is 21.3. The molecule has 0 saturated carbocycles. The number of benzene rings is 3. The highest BCUT2D eigenvalue weighted by molar-refractivity contribution is 7.44. The van der Waals surface area contributed by atoms with E-state index in [0.29, 0.717) is 34.9 Å². The van der Waals surface area contributed by atoms with Gasteiger partial charge in [-0.25, -0.2) is 24.6 Å². The van der Waals surface area contributed by atoms with Crippen LogP contribution in [-0.2, 0) is 76.5 Å². The third-order valence-corrected chi connectivity index (χ3v) is 15.4. The highest BCUT2D eigenvalue weighted by Gasteiger charge is 2.53. The maximum atomic E-state index is 12.4. The van der Waals surface area contributed by atoms with Crippen molar-refractivity contribution in [3.63, 3.8) is 0 Å². The smallest absolute Gasteiger partial charge is 0.303 e. The summed E-state index contributed by atoms with van der Waals surface area (Å²) >= 11 is 0. The number of fused-ring (bicyclic) bond motifs is 1. The number of esters is 4. The molecule has 1 unspecified atom stereocenters. The van der Waals surface area contributed by atoms with Crippen LogP contribution in [0.4, 0.5) is 5.82 Å². The second kappa shape index (κ2) is 30.2. The molecule has 4 heterocycles. The molecule has 7 rings (SSSR count). The van der Waals surface area contributed by atoms with E-state index in [-0.39, 0.29) is 45.1 Å². The van der Waals surface area contributed by atoms with Crippen molar-refractivity contribution in [3.8, 4) is 11.5 Å². The summed E-state index contributed by atoms with van der Waals surface area (Å²) in [6.07, 6.45) is -3.49. The third kappa shape index (κ3) is 16.5. The first kappa shape index (κ1) is 63.8. The molecule has 0 N–H and O–H groups in total. The van der Waals surface area contributed by atoms with Crippen LogP contribution in [0.25, 0.3) is 11.2 Å². The van der Waals surface area contributed by atoms with Crippen molar-refractivity contribution in [1.29, 1.82) is 0 Å². The molecular formula is C58H76N7O17P. The fraction of sp³-hybridized carbons (Fsp3) is 0.517. The largest absolute Gasteiger partial charge is 0.497 e. The molecule has 2 aromatic heterocycles. The summed E-state index contributed by atoms with van der Waals surface area (Å²) in [5.74, 6) is -1.13. The molecule has 450 valence electrons. The van der Waals surface area contributed by atoms with Crippen molar-refractivity contribution in [2.75, 3.05) is 68.0 Å². The number of nitrogens with zero attached hydrogens (tertiary/aromatic N) is 7. The molecule has 2 fully saturated rings. The highest BCUT2D eigenvalue weighted by atomic mass is 31.2. The Bertz CT molecular complexity index is 2860. The molecule has 0 radical (unpaired) electrons. The van der Waals surface area contributed by atoms with Crippen LogP contribution < -0.4 is 9.47 Å². The van der Waals surface area contributed by atoms with Crippen LogP contribution in [0.1, 0.15) is 84.7 Å². The van der Waals surface area contributed by atoms with Gasteiger partial charge in [-0.3, -0.25) is 23.7 Å². The van der Waals surface area contributed by atoms with E-state index in [2.05, 4.69) is 47.3 Å². The summed E-state index contributed by atoms with van der Waals surface area (Å²) in [6, 6.07) is 25.6. The number of hydrogen-bond acceptors (Lipinski definition) is 22. The van der Waals surface area contributed by atoms with Crippen molar-refractivity contribution in [2.24, 2.45) is 4.99 Å². The molecule has 3 aromatic carbocycles. The van der Waals surface area contributed by atoms with Crippen LogP contribution in [0.2, 0.25) is 0 Å². The van der Waals surface area contributed by atoms with Gasteiger partial charge in [-0.15, -0.1) is 0 Å². The van der Waals surface area contributed by atoms with Gasteiger partial charge in [-0.2, -0.15) is 0 Å². The van der Waals surface area contributed by atoms with Gasteiger partial charge in [-0.05, 0) is 68.7 Å². The predicted octanol–water partition coefficient (Wildman–Crippen LogP) is 7.22. The zero-order valence-corrected chi connectivity index (χ0v) is 49.9. The van der Waals surface area contributed by atoms with Gasteiger partial charge in [-0.1, -0.05) is 54.6 Å². The van der Waals surface area contributed by atoms with Gasteiger partial charge < -0.3 is 66.1 Å². The van der Waals surface area contributed by atoms with Crippen LogP contribution in [0.15, 0.2) is 96.5 Å². The summed E-state index contributed by atoms with van der Waals surface area (Å²) in [7, 11) is 5.16. The molecule has 0 aliphatic carbocycles. The van der Waals surface area contributed by atoms with Crippen molar-refractivity contribution in [2.45, 2.75) is 129 Å². The van der Waals surface area contributed by atoms with Crippen LogP contribution in [0.5, 0.6) is 11.5 Å². The molecule has 2 aliphatic rings. The van der Waals surface area contributed by atoms with Crippen molar-refractivity contribution in [3.05, 3.63) is 108 Å². The second-order valence-electron chi connectivity index (χ2n) is 20.2. The average Bonchev–Trinajstić information content (AvgIpc) is 4.18. The zero-order valence-electron chi connectivity index (χ0n) is 49.0. The second-order valence-corrected chi connectivity index (χ2v) is 21.6. The van der Waals surface area contributed by atoms with E-state index < -0.39 is 93.8 Å². The van der Waals surface area contributed by atoms with Crippen LogP contribution in [-0.4, -0.2) is 182 Å². The van der Waals surface area contributed by atoms with Gasteiger partial charge >= 0.3 is 23.9 Å². The Morgan fingerprint density at radius 3 is 1.88 bits per heavy atom. The number of imidazole rings is 1. The number of hydrogen-bond donors (Lipinski definition) is 0. The Kier molecular flexibility index (Phi) is 23.2. The highest BCUT2D eigenvalue weighted by Crippen LogP contribution is 2.51. The number of ether oxygens (including phenoxy) is 11. The van der Waals surface area contributed by atoms with E-state index in [1.165, 1.54) is 13.3 Å². The first-order valence-electron chi connectivity index (χ1n) is 27.2. The molecular weight excluding hydrogens is 1100 g/mol. The van der Waals surface area contributed by atoms with Gasteiger partial charge in [0.25, 0.3) is 8.53 Å². The fourth-order valence-corrected chi connectivity index (χ4v) is 11.5. The topological polar surface area (TPSA) is 251 Å². The lowest BCUT2D eigenvalue weighted by atomic mass is 9.80. The summed E-state index contributed by atoms with van der Waals surface area (Å²) in [4.78, 5) is 68.9. The minimum Gasteiger partial charge on any atom is -0.497 e. The van der Waals surface area contributed by atoms with Crippen LogP contribution >= 0.6 is 8.53 Å². The number of carbonyl (C=O) groups excluding carboxylic acids is 4. The minimum absolute atomic E-state index is 0.000784. The molecule has 2 saturated heterocycles. The lowest BCUT2D eigenvalue weighted by molar-refractivity contribution is -0.309. The molecule has 0 spiro atoms. The Morgan fingerprint density at radius 2 is 1.30 bits per heavy atom. The Labute approximate surface area is 484 Å². The predicted molar refractivity (Wildman–Crippen MR) is 303 cm³/mol. The van der Waals surface area contributed by atoms with Gasteiger partial charge in [0.2, 0.25) is 0 Å². The fourth-order valence-electron chi connectivity index (χ4n) is 9.79. The average molecular weight is 1170 g/mol. The molecule has 25 heteroatoms. The van der Waals surface area contributed by atoms with E-state index in [0.717, 1.165) is 37.5 Å². The molecule has 0 bridgehead atoms. The Morgan fingerprint density at radius 1 is 0.711 bits per heavy atom. The van der Waals surface area contributed by atoms with Gasteiger partial charge in [0.15, 0.2) is 41.6 Å². The first-order valence-corrected chi connectivity index (χ1v) is 28.4. The molecule has 83 heavy (non-hydrogen) atoms. The Hall–Kier alpha value is -6.73. The zero-order chi connectivity index (χ0) is 59.8. The van der Waals surface area contributed by atoms with E-state index in [1.54, 1.807) is 31.8 Å². The number of carbonyl (C=O) groups is 4.